The molecule has 2 N–H and O–H groups in total. The van der Waals surface area contributed by atoms with Gasteiger partial charge in [-0.3, -0.25) is 4.79 Å². The monoisotopic (exact) mass is 255 g/mol. The predicted molar refractivity (Wildman–Crippen MR) is 47.5 cm³/mol. The zero-order valence-corrected chi connectivity index (χ0v) is 8.14. The highest BCUT2D eigenvalue weighted by molar-refractivity contribution is 14.1. The van der Waals surface area contributed by atoms with E-state index in [4.69, 9.17) is 8.80 Å². The van der Waals surface area contributed by atoms with Crippen LogP contribution in [-0.4, -0.2) is 11.4 Å². The average molecular weight is 255 g/mol. The molecule has 0 amide bonds. The molecule has 0 aliphatic rings. The first-order valence-electron chi connectivity index (χ1n) is 2.70. The summed E-state index contributed by atoms with van der Waals surface area (Å²) in [5, 5.41) is 0. The highest BCUT2D eigenvalue weighted by atomic mass is 127. The molecule has 0 aliphatic heterocycles. The summed E-state index contributed by atoms with van der Waals surface area (Å²) < 4.78 is 4.84. The van der Waals surface area contributed by atoms with E-state index >= 15 is 0 Å². The third kappa shape index (κ3) is 2.26. The van der Waals surface area contributed by atoms with Crippen LogP contribution in [-0.2, 0) is 7.86 Å². The van der Waals surface area contributed by atoms with Gasteiger partial charge in [0.2, 0.25) is 5.78 Å². The first kappa shape index (κ1) is 9.90. The number of carbonyl (C=O) groups is 1. The van der Waals surface area contributed by atoms with Gasteiger partial charge in [0.05, 0.1) is 5.70 Å². The van der Waals surface area contributed by atoms with E-state index < -0.39 is 5.60 Å². The van der Waals surface area contributed by atoms with Gasteiger partial charge >= 0.3 is 0 Å². The van der Waals surface area contributed by atoms with E-state index in [2.05, 4.69) is 6.58 Å². The van der Waals surface area contributed by atoms with E-state index in [1.807, 2.05) is 0 Å². The minimum Gasteiger partial charge on any atom is -0.396 e. The molecule has 0 atom stereocenters. The van der Waals surface area contributed by atoms with Crippen molar-refractivity contribution in [2.45, 2.75) is 19.4 Å². The summed E-state index contributed by atoms with van der Waals surface area (Å²) in [6.45, 7) is 6.59. The van der Waals surface area contributed by atoms with Gasteiger partial charge in [-0.2, -0.15) is 0 Å². The number of ketones is 1. The summed E-state index contributed by atoms with van der Waals surface area (Å²) in [5.74, 6) is -0.276. The van der Waals surface area contributed by atoms with E-state index in [1.54, 1.807) is 36.9 Å². The molecule has 0 unspecified atom stereocenters. The largest absolute Gasteiger partial charge is 0.396 e. The van der Waals surface area contributed by atoms with Crippen molar-refractivity contribution in [1.82, 2.24) is 0 Å². The van der Waals surface area contributed by atoms with Gasteiger partial charge in [0, 0.05) is 0 Å². The molecule has 0 spiro atoms. The maximum Gasteiger partial charge on any atom is 0.210 e. The fourth-order valence-corrected chi connectivity index (χ4v) is 0.622. The summed E-state index contributed by atoms with van der Waals surface area (Å²) >= 11 is 1.66. The quantitative estimate of drug-likeness (QED) is 0.608. The number of Topliss-reactive ketones (excluding diaryl/α,β-unsaturated/α-hetero) is 1. The van der Waals surface area contributed by atoms with Gasteiger partial charge in [-0.15, -0.1) is 0 Å². The van der Waals surface area contributed by atoms with Gasteiger partial charge < -0.3 is 8.80 Å². The van der Waals surface area contributed by atoms with Crippen LogP contribution in [0.2, 0.25) is 0 Å². The molecule has 0 aromatic rings. The van der Waals surface area contributed by atoms with Crippen LogP contribution in [0.4, 0.5) is 0 Å². The lowest BCUT2D eigenvalue weighted by atomic mass is 10.0. The number of hydrogen-bond donors (Lipinski definition) is 1. The highest BCUT2D eigenvalue weighted by Crippen LogP contribution is 2.16. The average Bonchev–Trinajstić information content (AvgIpc) is 1.86. The molecule has 0 aromatic heterocycles. The normalized spacial score (nSPS) is 11.1. The Bertz CT molecular complexity index is 165. The van der Waals surface area contributed by atoms with Crippen molar-refractivity contribution in [3.63, 3.8) is 0 Å². The van der Waals surface area contributed by atoms with Crippen LogP contribution in [0.3, 0.4) is 0 Å². The molecule has 0 aliphatic carbocycles. The Morgan fingerprint density at radius 1 is 1.70 bits per heavy atom. The molecule has 0 saturated heterocycles. The van der Waals surface area contributed by atoms with Gasteiger partial charge in [0.15, 0.2) is 0 Å². The summed E-state index contributed by atoms with van der Waals surface area (Å²) in [5.41, 5.74) is 4.34. The molecule has 0 aromatic carbocycles. The lowest BCUT2D eigenvalue weighted by Crippen LogP contribution is -2.35. The first-order chi connectivity index (χ1) is 4.41. The molecule has 3 nitrogen and oxygen atoms in total. The number of hydrogen-bond acceptors (Lipinski definition) is 3. The molecule has 0 bridgehead atoms. The molecule has 0 rings (SSSR count). The lowest BCUT2D eigenvalue weighted by Gasteiger charge is -2.18. The van der Waals surface area contributed by atoms with E-state index in [1.165, 1.54) is 0 Å². The lowest BCUT2D eigenvalue weighted by molar-refractivity contribution is -0.125. The van der Waals surface area contributed by atoms with Crippen molar-refractivity contribution >= 4 is 28.8 Å². The minimum atomic E-state index is -0.855. The predicted octanol–water partition coefficient (Wildman–Crippen LogP) is 1.17. The van der Waals surface area contributed by atoms with Crippen LogP contribution < -0.4 is 5.73 Å². The third-order valence-corrected chi connectivity index (χ3v) is 2.13. The van der Waals surface area contributed by atoms with Crippen LogP contribution in [0.25, 0.3) is 0 Å². The van der Waals surface area contributed by atoms with E-state index in [9.17, 15) is 4.79 Å². The van der Waals surface area contributed by atoms with Crippen LogP contribution in [0.5, 0.6) is 0 Å². The summed E-state index contributed by atoms with van der Waals surface area (Å²) in [4.78, 5) is 11.0. The van der Waals surface area contributed by atoms with Crippen LogP contribution in [0.1, 0.15) is 13.8 Å². The smallest absolute Gasteiger partial charge is 0.210 e. The van der Waals surface area contributed by atoms with Crippen LogP contribution >= 0.6 is 23.0 Å². The summed E-state index contributed by atoms with van der Waals surface area (Å²) in [7, 11) is 0. The Hall–Kier alpha value is -0.100. The first-order valence-corrected chi connectivity index (χ1v) is 3.59. The van der Waals surface area contributed by atoms with Gasteiger partial charge in [-0.05, 0) is 13.8 Å². The molecule has 0 fully saturated rings. The topological polar surface area (TPSA) is 52.3 Å². The maximum absolute atomic E-state index is 11.0. The fourth-order valence-electron chi connectivity index (χ4n) is 0.422. The Balaban J connectivity index is 4.33. The molecule has 10 heavy (non-hydrogen) atoms. The van der Waals surface area contributed by atoms with Crippen molar-refractivity contribution in [3.05, 3.63) is 12.3 Å². The Morgan fingerprint density at radius 2 is 2.10 bits per heavy atom. The van der Waals surface area contributed by atoms with Crippen molar-refractivity contribution in [2.75, 3.05) is 0 Å². The van der Waals surface area contributed by atoms with Crippen molar-refractivity contribution in [3.8, 4) is 0 Å². The standard InChI is InChI=1S/C6H10INO2/c1-4(8)5(9)6(2,3)10-7/h1,8H2,2-3H3. The highest BCUT2D eigenvalue weighted by Gasteiger charge is 2.28. The second-order valence-electron chi connectivity index (χ2n) is 2.44. The summed E-state index contributed by atoms with van der Waals surface area (Å²) in [6, 6.07) is 0. The van der Waals surface area contributed by atoms with Crippen molar-refractivity contribution in [1.29, 1.82) is 0 Å². The molecule has 0 radical (unpaired) electrons. The molecule has 0 saturated carbocycles. The molecular weight excluding hydrogens is 245 g/mol. The number of rotatable bonds is 3. The van der Waals surface area contributed by atoms with E-state index in [0.29, 0.717) is 0 Å². The van der Waals surface area contributed by atoms with E-state index in [0.717, 1.165) is 0 Å². The fraction of sp³-hybridized carbons (Fsp3) is 0.500. The third-order valence-electron chi connectivity index (χ3n) is 1.03. The van der Waals surface area contributed by atoms with Crippen molar-refractivity contribution in [2.24, 2.45) is 5.73 Å². The van der Waals surface area contributed by atoms with E-state index in [-0.39, 0.29) is 11.5 Å². The van der Waals surface area contributed by atoms with Gasteiger partial charge in [0.25, 0.3) is 0 Å². The van der Waals surface area contributed by atoms with Crippen molar-refractivity contribution < 1.29 is 7.86 Å². The second-order valence-corrected chi connectivity index (χ2v) is 2.88. The van der Waals surface area contributed by atoms with Crippen LogP contribution in [0, 0.1) is 0 Å². The summed E-state index contributed by atoms with van der Waals surface area (Å²) in [6.07, 6.45) is 0. The second kappa shape index (κ2) is 3.34. The van der Waals surface area contributed by atoms with Gasteiger partial charge in [-0.25, -0.2) is 0 Å². The minimum absolute atomic E-state index is 0.0293. The molecule has 4 heteroatoms. The number of nitrogens with two attached hydrogens (primary N) is 1. The van der Waals surface area contributed by atoms with Gasteiger partial charge in [0.1, 0.15) is 28.6 Å². The molecule has 58 valence electrons. The Kier molecular flexibility index (Phi) is 3.30. The Labute approximate surface area is 74.3 Å². The maximum atomic E-state index is 11.0. The Morgan fingerprint density at radius 3 is 2.20 bits per heavy atom. The number of carbonyl (C=O) groups excluding carboxylic acids is 1. The molecular formula is C6H10INO2. The van der Waals surface area contributed by atoms with Gasteiger partial charge in [-0.1, -0.05) is 6.58 Å². The SMILES string of the molecule is C=C(N)C(=O)C(C)(C)OI. The zero-order chi connectivity index (χ0) is 8.36. The molecule has 0 heterocycles. The number of halogens is 1. The van der Waals surface area contributed by atoms with Crippen LogP contribution in [0.15, 0.2) is 12.3 Å². The zero-order valence-electron chi connectivity index (χ0n) is 5.98.